The summed E-state index contributed by atoms with van der Waals surface area (Å²) in [5, 5.41) is 9.28. The molecule has 0 aromatic carbocycles. The molecule has 0 saturated heterocycles. The van der Waals surface area contributed by atoms with Gasteiger partial charge < -0.3 is 10.8 Å². The largest absolute Gasteiger partial charge is 0.480 e. The molecule has 0 saturated carbocycles. The second-order valence-electron chi connectivity index (χ2n) is 2.22. The van der Waals surface area contributed by atoms with Crippen LogP contribution in [0.25, 0.3) is 0 Å². The van der Waals surface area contributed by atoms with E-state index in [4.69, 9.17) is 10.8 Å². The fourth-order valence-electron chi connectivity index (χ4n) is 0.506. The molecule has 0 aliphatic carbocycles. The Labute approximate surface area is 69.8 Å². The first kappa shape index (κ1) is 10.9. The zero-order valence-electron chi connectivity index (χ0n) is 6.98. The van der Waals surface area contributed by atoms with Crippen molar-refractivity contribution in [1.29, 1.82) is 0 Å². The van der Waals surface area contributed by atoms with E-state index in [0.717, 1.165) is 5.06 Å². The summed E-state index contributed by atoms with van der Waals surface area (Å²) < 4.78 is 0. The van der Waals surface area contributed by atoms with Crippen molar-refractivity contribution < 1.29 is 19.5 Å². The Morgan fingerprint density at radius 1 is 1.67 bits per heavy atom. The first-order valence-corrected chi connectivity index (χ1v) is 3.28. The van der Waals surface area contributed by atoms with Gasteiger partial charge in [-0.25, -0.2) is 5.06 Å². The fraction of sp³-hybridized carbons (Fsp3) is 0.667. The molecule has 0 aliphatic rings. The minimum Gasteiger partial charge on any atom is -0.480 e. The van der Waals surface area contributed by atoms with E-state index in [1.54, 1.807) is 0 Å². The average Bonchev–Trinajstić information content (AvgIpc) is 2.02. The number of nitrogens with zero attached hydrogens (tertiary/aromatic N) is 1. The van der Waals surface area contributed by atoms with E-state index in [2.05, 4.69) is 4.84 Å². The SMILES string of the molecule is CON(C)C(=O)CC(N)C(=O)O. The normalized spacial score (nSPS) is 12.2. The standard InChI is InChI=1S/C6H12N2O4/c1-8(12-2)5(9)3-4(7)6(10)11/h4H,3,7H2,1-2H3,(H,10,11). The van der Waals surface area contributed by atoms with Crippen molar-refractivity contribution in [1.82, 2.24) is 5.06 Å². The Hall–Kier alpha value is -1.14. The molecule has 0 rings (SSSR count). The third kappa shape index (κ3) is 3.31. The van der Waals surface area contributed by atoms with Gasteiger partial charge in [0.05, 0.1) is 13.5 Å². The molecular formula is C6H12N2O4. The summed E-state index contributed by atoms with van der Waals surface area (Å²) in [4.78, 5) is 25.7. The van der Waals surface area contributed by atoms with E-state index in [-0.39, 0.29) is 6.42 Å². The van der Waals surface area contributed by atoms with Crippen LogP contribution in [0.1, 0.15) is 6.42 Å². The van der Waals surface area contributed by atoms with Gasteiger partial charge in [0, 0.05) is 7.05 Å². The topological polar surface area (TPSA) is 92.9 Å². The lowest BCUT2D eigenvalue weighted by Crippen LogP contribution is -2.37. The van der Waals surface area contributed by atoms with Gasteiger partial charge in [-0.2, -0.15) is 0 Å². The molecule has 0 heterocycles. The number of hydroxylamine groups is 2. The van der Waals surface area contributed by atoms with E-state index in [9.17, 15) is 9.59 Å². The van der Waals surface area contributed by atoms with E-state index in [0.29, 0.717) is 0 Å². The lowest BCUT2D eigenvalue weighted by Gasteiger charge is -2.14. The molecule has 0 fully saturated rings. The van der Waals surface area contributed by atoms with Crippen LogP contribution in [0.3, 0.4) is 0 Å². The van der Waals surface area contributed by atoms with Gasteiger partial charge in [0.1, 0.15) is 6.04 Å². The predicted molar refractivity (Wildman–Crippen MR) is 40.0 cm³/mol. The summed E-state index contributed by atoms with van der Waals surface area (Å²) in [7, 11) is 2.70. The van der Waals surface area contributed by atoms with Gasteiger partial charge in [-0.05, 0) is 0 Å². The van der Waals surface area contributed by atoms with Gasteiger partial charge >= 0.3 is 5.97 Å². The molecule has 6 nitrogen and oxygen atoms in total. The predicted octanol–water partition coefficient (Wildman–Crippen LogP) is -1.19. The van der Waals surface area contributed by atoms with Crippen LogP contribution in [0.5, 0.6) is 0 Å². The lowest BCUT2D eigenvalue weighted by molar-refractivity contribution is -0.170. The summed E-state index contributed by atoms with van der Waals surface area (Å²) in [6, 6.07) is -1.17. The maximum atomic E-state index is 10.9. The first-order valence-electron chi connectivity index (χ1n) is 3.28. The average molecular weight is 176 g/mol. The molecule has 0 aliphatic heterocycles. The zero-order valence-corrected chi connectivity index (χ0v) is 6.98. The van der Waals surface area contributed by atoms with Crippen molar-refractivity contribution in [3.05, 3.63) is 0 Å². The maximum Gasteiger partial charge on any atom is 0.321 e. The molecule has 0 radical (unpaired) electrons. The van der Waals surface area contributed by atoms with Gasteiger partial charge in [0.2, 0.25) is 5.91 Å². The van der Waals surface area contributed by atoms with Crippen LogP contribution < -0.4 is 5.73 Å². The third-order valence-electron chi connectivity index (χ3n) is 1.34. The highest BCUT2D eigenvalue weighted by molar-refractivity contribution is 5.83. The molecular weight excluding hydrogens is 164 g/mol. The van der Waals surface area contributed by atoms with Crippen LogP contribution in [0.4, 0.5) is 0 Å². The Bertz CT molecular complexity index is 182. The summed E-state index contributed by atoms with van der Waals surface area (Å²) in [5.74, 6) is -1.67. The zero-order chi connectivity index (χ0) is 9.72. The highest BCUT2D eigenvalue weighted by atomic mass is 16.7. The van der Waals surface area contributed by atoms with E-state index >= 15 is 0 Å². The molecule has 0 bridgehead atoms. The van der Waals surface area contributed by atoms with Crippen molar-refractivity contribution in [2.24, 2.45) is 5.73 Å². The summed E-state index contributed by atoms with van der Waals surface area (Å²) >= 11 is 0. The Morgan fingerprint density at radius 3 is 2.50 bits per heavy atom. The smallest absolute Gasteiger partial charge is 0.321 e. The van der Waals surface area contributed by atoms with E-state index in [1.165, 1.54) is 14.2 Å². The fourth-order valence-corrected chi connectivity index (χ4v) is 0.506. The Morgan fingerprint density at radius 2 is 2.17 bits per heavy atom. The quantitative estimate of drug-likeness (QED) is 0.525. The number of nitrogens with two attached hydrogens (primary N) is 1. The molecule has 0 aromatic heterocycles. The van der Waals surface area contributed by atoms with Crippen molar-refractivity contribution in [3.63, 3.8) is 0 Å². The molecule has 0 aromatic rings. The summed E-state index contributed by atoms with van der Waals surface area (Å²) in [6.07, 6.45) is -0.264. The molecule has 0 spiro atoms. The van der Waals surface area contributed by atoms with Crippen LogP contribution in [0.2, 0.25) is 0 Å². The molecule has 6 heteroatoms. The number of amides is 1. The third-order valence-corrected chi connectivity index (χ3v) is 1.34. The van der Waals surface area contributed by atoms with Crippen LogP contribution in [-0.2, 0) is 14.4 Å². The summed E-state index contributed by atoms with van der Waals surface area (Å²) in [5.41, 5.74) is 5.11. The lowest BCUT2D eigenvalue weighted by atomic mass is 10.2. The van der Waals surface area contributed by atoms with Gasteiger partial charge in [-0.1, -0.05) is 0 Å². The maximum absolute atomic E-state index is 10.9. The minimum absolute atomic E-state index is 0.264. The van der Waals surface area contributed by atoms with Crippen molar-refractivity contribution >= 4 is 11.9 Å². The summed E-state index contributed by atoms with van der Waals surface area (Å²) in [6.45, 7) is 0. The second kappa shape index (κ2) is 4.68. The number of rotatable bonds is 4. The first-order chi connectivity index (χ1) is 5.49. The number of carboxylic acid groups (broad SMARTS) is 1. The number of carboxylic acids is 1. The van der Waals surface area contributed by atoms with E-state index in [1.807, 2.05) is 0 Å². The highest BCUT2D eigenvalue weighted by Gasteiger charge is 2.18. The van der Waals surface area contributed by atoms with Crippen LogP contribution in [0.15, 0.2) is 0 Å². The van der Waals surface area contributed by atoms with Crippen molar-refractivity contribution in [2.45, 2.75) is 12.5 Å². The number of carbonyl (C=O) groups excluding carboxylic acids is 1. The molecule has 12 heavy (non-hydrogen) atoms. The number of carbonyl (C=O) groups is 2. The van der Waals surface area contributed by atoms with Crippen LogP contribution in [-0.4, -0.2) is 42.2 Å². The van der Waals surface area contributed by atoms with Crippen LogP contribution >= 0.6 is 0 Å². The molecule has 3 N–H and O–H groups in total. The van der Waals surface area contributed by atoms with Crippen LogP contribution in [0, 0.1) is 0 Å². The van der Waals surface area contributed by atoms with Gasteiger partial charge in [-0.15, -0.1) is 0 Å². The Balaban J connectivity index is 3.92. The van der Waals surface area contributed by atoms with Gasteiger partial charge in [-0.3, -0.25) is 14.4 Å². The minimum atomic E-state index is -1.20. The molecule has 70 valence electrons. The van der Waals surface area contributed by atoms with E-state index < -0.39 is 17.9 Å². The van der Waals surface area contributed by atoms with Crippen molar-refractivity contribution in [2.75, 3.05) is 14.2 Å². The van der Waals surface area contributed by atoms with Gasteiger partial charge in [0.15, 0.2) is 0 Å². The molecule has 1 unspecified atom stereocenters. The number of hydrogen-bond acceptors (Lipinski definition) is 4. The Kier molecular flexibility index (Phi) is 4.24. The van der Waals surface area contributed by atoms with Crippen molar-refractivity contribution in [3.8, 4) is 0 Å². The molecule has 1 atom stereocenters. The number of hydrogen-bond donors (Lipinski definition) is 2. The second-order valence-corrected chi connectivity index (χ2v) is 2.22. The number of aliphatic carboxylic acids is 1. The monoisotopic (exact) mass is 176 g/mol. The van der Waals surface area contributed by atoms with Gasteiger partial charge in [0.25, 0.3) is 0 Å². The highest BCUT2D eigenvalue weighted by Crippen LogP contribution is 1.94. The molecule has 1 amide bonds.